The van der Waals surface area contributed by atoms with Crippen LogP contribution in [0.3, 0.4) is 0 Å². The number of aryl methyl sites for hydroxylation is 1. The molecule has 1 aliphatic rings. The average molecular weight is 518 g/mol. The minimum Gasteiger partial charge on any atom is -0.507 e. The predicted molar refractivity (Wildman–Crippen MR) is 142 cm³/mol. The van der Waals surface area contributed by atoms with E-state index >= 15 is 0 Å². The molecule has 36 heavy (non-hydrogen) atoms. The van der Waals surface area contributed by atoms with Gasteiger partial charge in [0.25, 0.3) is 5.91 Å². The molecule has 198 valence electrons. The summed E-state index contributed by atoms with van der Waals surface area (Å²) in [7, 11) is 0. The van der Waals surface area contributed by atoms with Gasteiger partial charge in [0, 0.05) is 17.6 Å². The number of benzene rings is 1. The number of carbonyl (C=O) groups is 3. The number of phenols is 1. The van der Waals surface area contributed by atoms with Crippen molar-refractivity contribution in [2.24, 2.45) is 0 Å². The standard InChI is InChI=1S/C27H39N3O5S/c1-7-30(25(33)21(16-17-36-6)29-26(34)35-27(3,4)5)22(20-15-11-12-18(2)23(20)31)24(32)28-19-13-9-8-10-14-19/h1,11-12,15,19,21-22,31H,8-10,13-14,16-17H2,2-6H3,(H,28,32)(H,29,34). The third-order valence-electron chi connectivity index (χ3n) is 6.00. The van der Waals surface area contributed by atoms with Gasteiger partial charge in [-0.1, -0.05) is 43.9 Å². The van der Waals surface area contributed by atoms with Gasteiger partial charge < -0.3 is 20.5 Å². The fraction of sp³-hybridized carbons (Fsp3) is 0.593. The number of nitrogens with zero attached hydrogens (tertiary/aromatic N) is 1. The molecular weight excluding hydrogens is 478 g/mol. The van der Waals surface area contributed by atoms with Gasteiger partial charge in [0.15, 0.2) is 6.04 Å². The summed E-state index contributed by atoms with van der Waals surface area (Å²) in [6.07, 6.45) is 12.1. The Morgan fingerprint density at radius 1 is 1.25 bits per heavy atom. The van der Waals surface area contributed by atoms with Crippen LogP contribution in [0, 0.1) is 19.4 Å². The molecule has 0 radical (unpaired) electrons. The number of thioether (sulfide) groups is 1. The number of phenolic OH excluding ortho intramolecular Hbond substituents is 1. The van der Waals surface area contributed by atoms with Gasteiger partial charge in [0.2, 0.25) is 5.91 Å². The molecule has 0 spiro atoms. The van der Waals surface area contributed by atoms with Crippen molar-refractivity contribution in [1.82, 2.24) is 15.5 Å². The van der Waals surface area contributed by atoms with E-state index in [1.54, 1.807) is 45.9 Å². The molecule has 3 N–H and O–H groups in total. The van der Waals surface area contributed by atoms with E-state index < -0.39 is 35.6 Å². The summed E-state index contributed by atoms with van der Waals surface area (Å²) in [5, 5.41) is 16.5. The Morgan fingerprint density at radius 3 is 2.50 bits per heavy atom. The normalized spacial score (nSPS) is 15.8. The maximum absolute atomic E-state index is 13.7. The van der Waals surface area contributed by atoms with Crippen molar-refractivity contribution >= 4 is 29.7 Å². The molecule has 3 amide bonds. The molecule has 0 heterocycles. The van der Waals surface area contributed by atoms with Gasteiger partial charge in [-0.25, -0.2) is 4.79 Å². The number of hydrogen-bond acceptors (Lipinski definition) is 6. The van der Waals surface area contributed by atoms with Crippen molar-refractivity contribution < 1.29 is 24.2 Å². The number of nitrogens with one attached hydrogen (secondary N) is 2. The first-order valence-electron chi connectivity index (χ1n) is 12.3. The zero-order valence-corrected chi connectivity index (χ0v) is 22.7. The molecule has 0 aliphatic heterocycles. The summed E-state index contributed by atoms with van der Waals surface area (Å²) in [4.78, 5) is 40.8. The smallest absolute Gasteiger partial charge is 0.408 e. The fourth-order valence-electron chi connectivity index (χ4n) is 4.20. The van der Waals surface area contributed by atoms with E-state index in [-0.39, 0.29) is 23.8 Å². The van der Waals surface area contributed by atoms with Crippen molar-refractivity contribution in [3.63, 3.8) is 0 Å². The highest BCUT2D eigenvalue weighted by molar-refractivity contribution is 7.98. The van der Waals surface area contributed by atoms with Crippen LogP contribution in [0.4, 0.5) is 4.79 Å². The van der Waals surface area contributed by atoms with E-state index in [0.717, 1.165) is 37.0 Å². The maximum Gasteiger partial charge on any atom is 0.408 e. The average Bonchev–Trinajstić information content (AvgIpc) is 2.81. The SMILES string of the molecule is C#CN(C(=O)C(CCSC)NC(=O)OC(C)(C)C)C(C(=O)NC1CCCCC1)c1cccc(C)c1O. The minimum absolute atomic E-state index is 0.0254. The number of amides is 3. The first-order chi connectivity index (χ1) is 17.0. The van der Waals surface area contributed by atoms with E-state index in [2.05, 4.69) is 16.7 Å². The molecule has 0 bridgehead atoms. The highest BCUT2D eigenvalue weighted by Gasteiger charge is 2.38. The van der Waals surface area contributed by atoms with Gasteiger partial charge in [0.05, 0.1) is 0 Å². The summed E-state index contributed by atoms with van der Waals surface area (Å²) >= 11 is 1.51. The van der Waals surface area contributed by atoms with Crippen LogP contribution in [0.1, 0.15) is 76.5 Å². The van der Waals surface area contributed by atoms with Gasteiger partial charge in [-0.15, -0.1) is 0 Å². The van der Waals surface area contributed by atoms with Crippen molar-refractivity contribution in [3.05, 3.63) is 29.3 Å². The molecule has 9 heteroatoms. The van der Waals surface area contributed by atoms with Gasteiger partial charge in [-0.2, -0.15) is 11.8 Å². The zero-order chi connectivity index (χ0) is 26.9. The second kappa shape index (κ2) is 13.4. The Morgan fingerprint density at radius 2 is 1.92 bits per heavy atom. The largest absolute Gasteiger partial charge is 0.507 e. The molecule has 1 aromatic rings. The first kappa shape index (κ1) is 29.4. The molecule has 0 aromatic heterocycles. The number of carbonyl (C=O) groups excluding carboxylic acids is 3. The topological polar surface area (TPSA) is 108 Å². The highest BCUT2D eigenvalue weighted by Crippen LogP contribution is 2.32. The van der Waals surface area contributed by atoms with Crippen LogP contribution in [0.15, 0.2) is 18.2 Å². The minimum atomic E-state index is -1.26. The lowest BCUT2D eigenvalue weighted by molar-refractivity contribution is -0.139. The van der Waals surface area contributed by atoms with Crippen LogP contribution >= 0.6 is 11.8 Å². The number of terminal acetylenes is 1. The van der Waals surface area contributed by atoms with E-state index in [0.29, 0.717) is 11.3 Å². The van der Waals surface area contributed by atoms with E-state index in [1.807, 2.05) is 6.26 Å². The second-order valence-corrected chi connectivity index (χ2v) is 11.1. The van der Waals surface area contributed by atoms with Crippen LogP contribution in [-0.4, -0.2) is 57.6 Å². The predicted octanol–water partition coefficient (Wildman–Crippen LogP) is 4.26. The number of aromatic hydroxyl groups is 1. The van der Waals surface area contributed by atoms with Crippen molar-refractivity contribution in [2.75, 3.05) is 12.0 Å². The molecule has 1 aliphatic carbocycles. The quantitative estimate of drug-likeness (QED) is 0.334. The number of alkyl carbamates (subject to hydrolysis) is 1. The van der Waals surface area contributed by atoms with Crippen LogP contribution in [0.2, 0.25) is 0 Å². The fourth-order valence-corrected chi connectivity index (χ4v) is 4.67. The third-order valence-corrected chi connectivity index (χ3v) is 6.64. The molecule has 1 saturated carbocycles. The monoisotopic (exact) mass is 517 g/mol. The van der Waals surface area contributed by atoms with Gasteiger partial charge in [-0.3, -0.25) is 14.5 Å². The molecule has 0 saturated heterocycles. The van der Waals surface area contributed by atoms with E-state index in [9.17, 15) is 19.5 Å². The lowest BCUT2D eigenvalue weighted by atomic mass is 9.94. The van der Waals surface area contributed by atoms with Crippen LogP contribution in [-0.2, 0) is 14.3 Å². The lowest BCUT2D eigenvalue weighted by Crippen LogP contribution is -2.52. The van der Waals surface area contributed by atoms with Crippen LogP contribution in [0.5, 0.6) is 5.75 Å². The molecule has 8 nitrogen and oxygen atoms in total. The maximum atomic E-state index is 13.7. The summed E-state index contributed by atoms with van der Waals surface area (Å²) in [6, 6.07) is 5.06. The Labute approximate surface area is 218 Å². The Kier molecular flexibility index (Phi) is 11.0. The van der Waals surface area contributed by atoms with Crippen LogP contribution < -0.4 is 10.6 Å². The summed E-state index contributed by atoms with van der Waals surface area (Å²) in [6.45, 7) is 6.89. The summed E-state index contributed by atoms with van der Waals surface area (Å²) < 4.78 is 5.34. The Hall–Kier alpha value is -2.86. The number of hydrogen-bond donors (Lipinski definition) is 3. The third kappa shape index (κ3) is 8.37. The molecule has 1 aromatic carbocycles. The van der Waals surface area contributed by atoms with E-state index in [1.165, 1.54) is 11.8 Å². The van der Waals surface area contributed by atoms with Crippen molar-refractivity contribution in [1.29, 1.82) is 0 Å². The highest BCUT2D eigenvalue weighted by atomic mass is 32.2. The number of ether oxygens (including phenoxy) is 1. The van der Waals surface area contributed by atoms with Gasteiger partial charge in [0.1, 0.15) is 17.4 Å². The van der Waals surface area contributed by atoms with Gasteiger partial charge >= 0.3 is 6.09 Å². The van der Waals surface area contributed by atoms with Crippen molar-refractivity contribution in [2.45, 2.75) is 89.9 Å². The molecular formula is C27H39N3O5S. The lowest BCUT2D eigenvalue weighted by Gasteiger charge is -2.32. The Balaban J connectivity index is 2.42. The van der Waals surface area contributed by atoms with Gasteiger partial charge in [-0.05, 0) is 64.5 Å². The number of para-hydroxylation sites is 1. The molecule has 2 atom stereocenters. The van der Waals surface area contributed by atoms with Crippen molar-refractivity contribution in [3.8, 4) is 18.2 Å². The number of rotatable bonds is 9. The first-order valence-corrected chi connectivity index (χ1v) is 13.7. The summed E-state index contributed by atoms with van der Waals surface area (Å²) in [5.74, 6) is -0.619. The molecule has 2 unspecified atom stereocenters. The molecule has 2 rings (SSSR count). The van der Waals surface area contributed by atoms with Crippen LogP contribution in [0.25, 0.3) is 0 Å². The Bertz CT molecular complexity index is 963. The molecule has 1 fully saturated rings. The second-order valence-electron chi connectivity index (χ2n) is 10.1. The van der Waals surface area contributed by atoms with E-state index in [4.69, 9.17) is 11.2 Å². The summed E-state index contributed by atoms with van der Waals surface area (Å²) in [5.41, 5.74) is 0.0346. The zero-order valence-electron chi connectivity index (χ0n) is 21.9.